The van der Waals surface area contributed by atoms with Crippen molar-refractivity contribution in [3.8, 4) is 5.69 Å². The summed E-state index contributed by atoms with van der Waals surface area (Å²) in [5.74, 6) is -1.46. The van der Waals surface area contributed by atoms with Gasteiger partial charge in [-0.1, -0.05) is 18.5 Å². The first kappa shape index (κ1) is 15.9. The van der Waals surface area contributed by atoms with Crippen LogP contribution in [0.4, 0.5) is 0 Å². The lowest BCUT2D eigenvalue weighted by Crippen LogP contribution is -2.30. The third-order valence-electron chi connectivity index (χ3n) is 2.93. The van der Waals surface area contributed by atoms with E-state index in [4.69, 9.17) is 16.7 Å². The maximum absolute atomic E-state index is 12.3. The topological polar surface area (TPSA) is 110 Å². The van der Waals surface area contributed by atoms with Crippen LogP contribution in [0.3, 0.4) is 0 Å². The van der Waals surface area contributed by atoms with Gasteiger partial charge in [0.05, 0.1) is 11.3 Å². The number of benzene rings is 1. The second kappa shape index (κ2) is 6.99. The van der Waals surface area contributed by atoms with E-state index in [-0.39, 0.29) is 24.8 Å². The van der Waals surface area contributed by atoms with E-state index in [9.17, 15) is 9.59 Å². The normalized spacial score (nSPS) is 11.9. The minimum Gasteiger partial charge on any atom is -0.481 e. The molecule has 0 aliphatic carbocycles. The van der Waals surface area contributed by atoms with Gasteiger partial charge in [-0.05, 0) is 34.5 Å². The minimum absolute atomic E-state index is 0.0182. The van der Waals surface area contributed by atoms with Gasteiger partial charge < -0.3 is 10.4 Å². The summed E-state index contributed by atoms with van der Waals surface area (Å²) in [6, 6.07) is 4.77. The maximum atomic E-state index is 12.3. The zero-order valence-corrected chi connectivity index (χ0v) is 12.5. The van der Waals surface area contributed by atoms with Crippen LogP contribution in [-0.4, -0.2) is 43.7 Å². The molecule has 0 radical (unpaired) electrons. The van der Waals surface area contributed by atoms with Gasteiger partial charge >= 0.3 is 5.97 Å². The first-order valence-electron chi connectivity index (χ1n) is 6.50. The standard InChI is InChI=1S/C13H14ClN5O3/c1-8(4-12(20)21)6-15-13(22)10-5-9(14)2-3-11(10)19-7-16-17-18-19/h2-3,5,7-8H,4,6H2,1H3,(H,15,22)(H,20,21). The van der Waals surface area contributed by atoms with Crippen molar-refractivity contribution in [2.24, 2.45) is 5.92 Å². The monoisotopic (exact) mass is 323 g/mol. The molecule has 1 unspecified atom stereocenters. The summed E-state index contributed by atoms with van der Waals surface area (Å²) < 4.78 is 1.35. The molecule has 0 saturated heterocycles. The Bertz CT molecular complexity index is 674. The number of amides is 1. The molecule has 8 nitrogen and oxygen atoms in total. The van der Waals surface area contributed by atoms with Crippen molar-refractivity contribution in [1.29, 1.82) is 0 Å². The number of rotatable bonds is 6. The van der Waals surface area contributed by atoms with Crippen molar-refractivity contribution in [1.82, 2.24) is 25.5 Å². The third-order valence-corrected chi connectivity index (χ3v) is 3.17. The number of aliphatic carboxylic acids is 1. The molecule has 1 aromatic carbocycles. The molecule has 0 spiro atoms. The number of carbonyl (C=O) groups is 2. The van der Waals surface area contributed by atoms with Gasteiger partial charge in [0.1, 0.15) is 6.33 Å². The van der Waals surface area contributed by atoms with Crippen LogP contribution in [0.2, 0.25) is 5.02 Å². The summed E-state index contributed by atoms with van der Waals surface area (Å²) in [6.07, 6.45) is 1.35. The highest BCUT2D eigenvalue weighted by Crippen LogP contribution is 2.19. The predicted octanol–water partition coefficient (Wildman–Crippen LogP) is 1.16. The van der Waals surface area contributed by atoms with Gasteiger partial charge in [0, 0.05) is 18.0 Å². The second-order valence-electron chi connectivity index (χ2n) is 4.83. The number of carboxylic acid groups (broad SMARTS) is 1. The molecule has 116 valence electrons. The summed E-state index contributed by atoms with van der Waals surface area (Å²) >= 11 is 5.94. The fraction of sp³-hybridized carbons (Fsp3) is 0.308. The van der Waals surface area contributed by atoms with Gasteiger partial charge in [0.25, 0.3) is 5.91 Å². The number of nitrogens with zero attached hydrogens (tertiary/aromatic N) is 4. The third kappa shape index (κ3) is 4.01. The Balaban J connectivity index is 2.15. The highest BCUT2D eigenvalue weighted by atomic mass is 35.5. The van der Waals surface area contributed by atoms with Crippen LogP contribution < -0.4 is 5.32 Å². The average Bonchev–Trinajstić information content (AvgIpc) is 2.98. The largest absolute Gasteiger partial charge is 0.481 e. The van der Waals surface area contributed by atoms with Gasteiger partial charge in [0.15, 0.2) is 0 Å². The summed E-state index contributed by atoms with van der Waals surface area (Å²) in [6.45, 7) is 1.99. The highest BCUT2D eigenvalue weighted by Gasteiger charge is 2.16. The van der Waals surface area contributed by atoms with Crippen LogP contribution in [-0.2, 0) is 4.79 Å². The smallest absolute Gasteiger partial charge is 0.303 e. The Morgan fingerprint density at radius 2 is 2.23 bits per heavy atom. The predicted molar refractivity (Wildman–Crippen MR) is 77.9 cm³/mol. The Hall–Kier alpha value is -2.48. The molecular formula is C13H14ClN5O3. The van der Waals surface area contributed by atoms with Crippen molar-refractivity contribution in [3.05, 3.63) is 35.1 Å². The van der Waals surface area contributed by atoms with E-state index in [1.807, 2.05) is 0 Å². The van der Waals surface area contributed by atoms with E-state index in [1.54, 1.807) is 19.1 Å². The molecule has 1 heterocycles. The zero-order chi connectivity index (χ0) is 16.1. The van der Waals surface area contributed by atoms with Gasteiger partial charge in [0.2, 0.25) is 0 Å². The number of hydrogen-bond acceptors (Lipinski definition) is 5. The van der Waals surface area contributed by atoms with Gasteiger partial charge in [-0.15, -0.1) is 5.10 Å². The molecule has 9 heteroatoms. The van der Waals surface area contributed by atoms with Crippen LogP contribution in [0.25, 0.3) is 5.69 Å². The fourth-order valence-electron chi connectivity index (χ4n) is 1.89. The fourth-order valence-corrected chi connectivity index (χ4v) is 2.07. The summed E-state index contributed by atoms with van der Waals surface area (Å²) in [5, 5.41) is 22.6. The molecule has 0 saturated carbocycles. The van der Waals surface area contributed by atoms with Gasteiger partial charge in [-0.25, -0.2) is 0 Å². The molecule has 22 heavy (non-hydrogen) atoms. The first-order valence-corrected chi connectivity index (χ1v) is 6.88. The van der Waals surface area contributed by atoms with Gasteiger partial charge in [-0.2, -0.15) is 4.68 Å². The summed E-state index contributed by atoms with van der Waals surface area (Å²) in [7, 11) is 0. The van der Waals surface area contributed by atoms with Crippen molar-refractivity contribution in [2.45, 2.75) is 13.3 Å². The molecule has 1 aromatic heterocycles. The van der Waals surface area contributed by atoms with E-state index >= 15 is 0 Å². The van der Waals surface area contributed by atoms with Crippen molar-refractivity contribution >= 4 is 23.5 Å². The van der Waals surface area contributed by atoms with E-state index in [1.165, 1.54) is 17.1 Å². The quantitative estimate of drug-likeness (QED) is 0.825. The lowest BCUT2D eigenvalue weighted by Gasteiger charge is -2.12. The van der Waals surface area contributed by atoms with E-state index in [0.717, 1.165) is 0 Å². The minimum atomic E-state index is -0.904. The number of nitrogens with one attached hydrogen (secondary N) is 1. The molecule has 1 amide bonds. The molecule has 2 N–H and O–H groups in total. The van der Waals surface area contributed by atoms with Crippen LogP contribution in [0.5, 0.6) is 0 Å². The lowest BCUT2D eigenvalue weighted by molar-refractivity contribution is -0.137. The second-order valence-corrected chi connectivity index (χ2v) is 5.27. The number of carbonyl (C=O) groups excluding carboxylic acids is 1. The van der Waals surface area contributed by atoms with Crippen LogP contribution in [0.15, 0.2) is 24.5 Å². The molecule has 0 fully saturated rings. The summed E-state index contributed by atoms with van der Waals surface area (Å²) in [4.78, 5) is 22.9. The first-order chi connectivity index (χ1) is 10.5. The van der Waals surface area contributed by atoms with Crippen LogP contribution in [0, 0.1) is 5.92 Å². The molecule has 2 rings (SSSR count). The number of halogens is 1. The Kier molecular flexibility index (Phi) is 5.05. The lowest BCUT2D eigenvalue weighted by atomic mass is 10.1. The van der Waals surface area contributed by atoms with Crippen LogP contribution >= 0.6 is 11.6 Å². The zero-order valence-electron chi connectivity index (χ0n) is 11.7. The Labute approximate surface area is 131 Å². The van der Waals surface area contributed by atoms with E-state index in [2.05, 4.69) is 20.8 Å². The molecule has 2 aromatic rings. The van der Waals surface area contributed by atoms with Crippen LogP contribution in [0.1, 0.15) is 23.7 Å². The molecule has 0 aliphatic rings. The molecule has 1 atom stereocenters. The summed E-state index contributed by atoms with van der Waals surface area (Å²) in [5.41, 5.74) is 0.792. The molecular weight excluding hydrogens is 310 g/mol. The van der Waals surface area contributed by atoms with Gasteiger partial charge in [-0.3, -0.25) is 9.59 Å². The number of tetrazole rings is 1. The maximum Gasteiger partial charge on any atom is 0.303 e. The number of carboxylic acids is 1. The van der Waals surface area contributed by atoms with Crippen molar-refractivity contribution in [2.75, 3.05) is 6.54 Å². The van der Waals surface area contributed by atoms with Crippen molar-refractivity contribution < 1.29 is 14.7 Å². The van der Waals surface area contributed by atoms with E-state index < -0.39 is 5.97 Å². The highest BCUT2D eigenvalue weighted by molar-refractivity contribution is 6.31. The Morgan fingerprint density at radius 3 is 2.86 bits per heavy atom. The molecule has 0 bridgehead atoms. The number of aromatic nitrogens is 4. The average molecular weight is 324 g/mol. The van der Waals surface area contributed by atoms with E-state index in [0.29, 0.717) is 16.3 Å². The molecule has 0 aliphatic heterocycles. The number of hydrogen-bond donors (Lipinski definition) is 2. The Morgan fingerprint density at radius 1 is 1.45 bits per heavy atom. The SMILES string of the molecule is CC(CNC(=O)c1cc(Cl)ccc1-n1cnnn1)CC(=O)O. The van der Waals surface area contributed by atoms with Crippen molar-refractivity contribution in [3.63, 3.8) is 0 Å².